The first-order valence-electron chi connectivity index (χ1n) is 8.76. The number of aromatic nitrogens is 2. The lowest BCUT2D eigenvalue weighted by atomic mass is 9.93. The third kappa shape index (κ3) is 4.18. The highest BCUT2D eigenvalue weighted by Gasteiger charge is 2.17. The van der Waals surface area contributed by atoms with Crippen LogP contribution in [0.2, 0.25) is 5.02 Å². The van der Waals surface area contributed by atoms with E-state index in [0.29, 0.717) is 21.8 Å². The van der Waals surface area contributed by atoms with Gasteiger partial charge in [-0.25, -0.2) is 4.98 Å². The molecule has 0 radical (unpaired) electrons. The van der Waals surface area contributed by atoms with Gasteiger partial charge in [0.1, 0.15) is 5.69 Å². The van der Waals surface area contributed by atoms with Crippen molar-refractivity contribution in [2.45, 2.75) is 18.8 Å². The molecule has 7 heteroatoms. The van der Waals surface area contributed by atoms with Crippen molar-refractivity contribution in [3.05, 3.63) is 64.3 Å². The van der Waals surface area contributed by atoms with E-state index >= 15 is 0 Å². The predicted molar refractivity (Wildman–Crippen MR) is 108 cm³/mol. The van der Waals surface area contributed by atoms with Crippen molar-refractivity contribution < 1.29 is 9.53 Å². The lowest BCUT2D eigenvalue weighted by Gasteiger charge is -2.22. The number of pyridine rings is 1. The molecule has 3 heterocycles. The number of nitrogens with zero attached hydrogens (tertiary/aromatic N) is 2. The number of benzene rings is 1. The number of hydrogen-bond donors (Lipinski definition) is 1. The normalized spacial score (nSPS) is 14.9. The number of carbonyl (C=O) groups excluding carboxylic acids is 1. The summed E-state index contributed by atoms with van der Waals surface area (Å²) in [5, 5.41) is 5.83. The van der Waals surface area contributed by atoms with Gasteiger partial charge in [0.05, 0.1) is 5.69 Å². The van der Waals surface area contributed by atoms with Crippen LogP contribution in [0.15, 0.2) is 48.0 Å². The molecule has 3 aromatic rings. The second-order valence-corrected chi connectivity index (χ2v) is 7.60. The molecule has 1 saturated heterocycles. The second-order valence-electron chi connectivity index (χ2n) is 6.34. The van der Waals surface area contributed by atoms with E-state index in [9.17, 15) is 4.79 Å². The number of nitrogens with one attached hydrogen (secondary N) is 1. The monoisotopic (exact) mass is 399 g/mol. The summed E-state index contributed by atoms with van der Waals surface area (Å²) in [4.78, 5) is 21.3. The number of halogens is 1. The molecule has 1 N–H and O–H groups in total. The number of thiazole rings is 1. The van der Waals surface area contributed by atoms with E-state index in [1.54, 1.807) is 12.3 Å². The van der Waals surface area contributed by atoms with Gasteiger partial charge in [-0.15, -0.1) is 11.3 Å². The summed E-state index contributed by atoms with van der Waals surface area (Å²) in [5.74, 6) is 0.189. The molecular formula is C20H18ClN3O2S. The Morgan fingerprint density at radius 1 is 1.19 bits per heavy atom. The Morgan fingerprint density at radius 3 is 2.74 bits per heavy atom. The molecule has 1 aliphatic heterocycles. The van der Waals surface area contributed by atoms with Crippen molar-refractivity contribution in [2.75, 3.05) is 18.5 Å². The Bertz CT molecular complexity index is 936. The summed E-state index contributed by atoms with van der Waals surface area (Å²) in [7, 11) is 0. The fourth-order valence-corrected chi connectivity index (χ4v) is 4.04. The van der Waals surface area contributed by atoms with Crippen molar-refractivity contribution in [3.63, 3.8) is 0 Å². The molecule has 4 rings (SSSR count). The van der Waals surface area contributed by atoms with Crippen LogP contribution in [-0.4, -0.2) is 29.1 Å². The van der Waals surface area contributed by atoms with Crippen molar-refractivity contribution in [1.82, 2.24) is 9.97 Å². The maximum atomic E-state index is 12.5. The third-order valence-electron chi connectivity index (χ3n) is 4.59. The minimum atomic E-state index is -0.270. The smallest absolute Gasteiger partial charge is 0.276 e. The molecule has 27 heavy (non-hydrogen) atoms. The fraction of sp³-hybridized carbons (Fsp3) is 0.250. The highest BCUT2D eigenvalue weighted by atomic mass is 35.5. The van der Waals surface area contributed by atoms with E-state index in [-0.39, 0.29) is 5.91 Å². The van der Waals surface area contributed by atoms with Crippen LogP contribution in [0.25, 0.3) is 11.3 Å². The van der Waals surface area contributed by atoms with E-state index in [1.807, 2.05) is 35.7 Å². The van der Waals surface area contributed by atoms with E-state index in [1.165, 1.54) is 11.3 Å². The highest BCUT2D eigenvalue weighted by molar-refractivity contribution is 7.14. The Morgan fingerprint density at radius 2 is 2.00 bits per heavy atom. The molecule has 2 aromatic heterocycles. The molecule has 0 unspecified atom stereocenters. The first kappa shape index (κ1) is 18.1. The van der Waals surface area contributed by atoms with E-state index < -0.39 is 0 Å². The average Bonchev–Trinajstić information content (AvgIpc) is 3.17. The number of rotatable bonds is 4. The number of ether oxygens (including phenoxy) is 1. The summed E-state index contributed by atoms with van der Waals surface area (Å²) in [6.07, 6.45) is 3.79. The molecule has 0 bridgehead atoms. The van der Waals surface area contributed by atoms with E-state index in [4.69, 9.17) is 16.3 Å². The van der Waals surface area contributed by atoms with Gasteiger partial charge >= 0.3 is 0 Å². The van der Waals surface area contributed by atoms with Crippen LogP contribution >= 0.6 is 22.9 Å². The van der Waals surface area contributed by atoms with Gasteiger partial charge in [0.15, 0.2) is 5.13 Å². The summed E-state index contributed by atoms with van der Waals surface area (Å²) >= 11 is 7.57. The number of carbonyl (C=O) groups is 1. The SMILES string of the molecule is O=C(Nc1nc(-c2ccccc2Cl)cs1)c1ccc(C2CCOCC2)cn1. The molecule has 1 aliphatic rings. The van der Waals surface area contributed by atoms with E-state index in [2.05, 4.69) is 15.3 Å². The fourth-order valence-electron chi connectivity index (χ4n) is 3.10. The van der Waals surface area contributed by atoms with Crippen molar-refractivity contribution in [3.8, 4) is 11.3 Å². The quantitative estimate of drug-likeness (QED) is 0.670. The third-order valence-corrected chi connectivity index (χ3v) is 5.67. The van der Waals surface area contributed by atoms with E-state index in [0.717, 1.165) is 42.9 Å². The van der Waals surface area contributed by atoms with Gasteiger partial charge in [0.2, 0.25) is 0 Å². The van der Waals surface area contributed by atoms with Gasteiger partial charge in [0, 0.05) is 35.4 Å². The van der Waals surface area contributed by atoms with Crippen molar-refractivity contribution in [2.24, 2.45) is 0 Å². The largest absolute Gasteiger partial charge is 0.381 e. The van der Waals surface area contributed by atoms with Gasteiger partial charge in [-0.2, -0.15) is 0 Å². The van der Waals surface area contributed by atoms with Gasteiger partial charge in [-0.05, 0) is 36.5 Å². The maximum absolute atomic E-state index is 12.5. The molecule has 0 saturated carbocycles. The zero-order chi connectivity index (χ0) is 18.6. The van der Waals surface area contributed by atoms with Crippen LogP contribution in [0, 0.1) is 0 Å². The van der Waals surface area contributed by atoms with Crippen molar-refractivity contribution in [1.29, 1.82) is 0 Å². The summed E-state index contributed by atoms with van der Waals surface area (Å²) in [5.41, 5.74) is 3.11. The summed E-state index contributed by atoms with van der Waals surface area (Å²) in [6.45, 7) is 1.56. The number of anilines is 1. The van der Waals surface area contributed by atoms with Gasteiger partial charge in [-0.3, -0.25) is 15.1 Å². The second kappa shape index (κ2) is 8.17. The number of hydrogen-bond acceptors (Lipinski definition) is 5. The predicted octanol–water partition coefficient (Wildman–Crippen LogP) is 5.00. The van der Waals surface area contributed by atoms with Crippen LogP contribution in [-0.2, 0) is 4.74 Å². The Balaban J connectivity index is 1.44. The van der Waals surface area contributed by atoms with Gasteiger partial charge in [0.25, 0.3) is 5.91 Å². The molecule has 5 nitrogen and oxygen atoms in total. The lowest BCUT2D eigenvalue weighted by Crippen LogP contribution is -2.16. The maximum Gasteiger partial charge on any atom is 0.276 e. The van der Waals surface area contributed by atoms with Crippen LogP contribution in [0.4, 0.5) is 5.13 Å². The van der Waals surface area contributed by atoms with Crippen LogP contribution in [0.5, 0.6) is 0 Å². The molecule has 1 amide bonds. The van der Waals surface area contributed by atoms with Crippen molar-refractivity contribution >= 4 is 34.0 Å². The molecule has 0 atom stereocenters. The first-order chi connectivity index (χ1) is 13.2. The topological polar surface area (TPSA) is 64.1 Å². The zero-order valence-corrected chi connectivity index (χ0v) is 16.1. The molecule has 1 aromatic carbocycles. The van der Waals surface area contributed by atoms with Gasteiger partial charge in [-0.1, -0.05) is 35.9 Å². The standard InChI is InChI=1S/C20H18ClN3O2S/c21-16-4-2-1-3-15(16)18-12-27-20(23-18)24-19(25)17-6-5-14(11-22-17)13-7-9-26-10-8-13/h1-6,11-13H,7-10H2,(H,23,24,25). The Kier molecular flexibility index (Phi) is 5.48. The average molecular weight is 400 g/mol. The number of amides is 1. The minimum Gasteiger partial charge on any atom is -0.381 e. The molecule has 1 fully saturated rings. The summed E-state index contributed by atoms with van der Waals surface area (Å²) in [6, 6.07) is 11.2. The van der Waals surface area contributed by atoms with Crippen LogP contribution in [0.1, 0.15) is 34.8 Å². The zero-order valence-electron chi connectivity index (χ0n) is 14.5. The molecular weight excluding hydrogens is 382 g/mol. The first-order valence-corrected chi connectivity index (χ1v) is 10.0. The Hall–Kier alpha value is -2.28. The molecule has 0 spiro atoms. The molecule has 0 aliphatic carbocycles. The Labute approximate surface area is 166 Å². The lowest BCUT2D eigenvalue weighted by molar-refractivity contribution is 0.0852. The summed E-state index contributed by atoms with van der Waals surface area (Å²) < 4.78 is 5.39. The highest BCUT2D eigenvalue weighted by Crippen LogP contribution is 2.30. The minimum absolute atomic E-state index is 0.270. The van der Waals surface area contributed by atoms with Gasteiger partial charge < -0.3 is 4.74 Å². The van der Waals surface area contributed by atoms with Crippen LogP contribution < -0.4 is 5.32 Å². The molecule has 138 valence electrons. The van der Waals surface area contributed by atoms with Crippen LogP contribution in [0.3, 0.4) is 0 Å².